The minimum Gasteiger partial charge on any atom is -0.378 e. The molecule has 0 bridgehead atoms. The van der Waals surface area contributed by atoms with Crippen molar-refractivity contribution >= 4 is 5.69 Å². The van der Waals surface area contributed by atoms with Gasteiger partial charge in [-0.3, -0.25) is 0 Å². The Hall–Kier alpha value is -1.74. The lowest BCUT2D eigenvalue weighted by Crippen LogP contribution is -2.40. The van der Waals surface area contributed by atoms with Crippen LogP contribution in [0.25, 0.3) is 5.69 Å². The van der Waals surface area contributed by atoms with Gasteiger partial charge in [-0.2, -0.15) is 0 Å². The van der Waals surface area contributed by atoms with Gasteiger partial charge < -0.3 is 14.6 Å². The molecule has 0 atom stereocenters. The normalized spacial score (nSPS) is 15.8. The minimum absolute atomic E-state index is 0.472. The Morgan fingerprint density at radius 1 is 1.12 bits per heavy atom. The van der Waals surface area contributed by atoms with Crippen molar-refractivity contribution in [3.8, 4) is 5.69 Å². The Morgan fingerprint density at radius 3 is 2.62 bits per heavy atom. The highest BCUT2D eigenvalue weighted by atomic mass is 16.5. The number of nitrogens with zero attached hydrogens (tertiary/aromatic N) is 1. The van der Waals surface area contributed by atoms with Crippen LogP contribution in [0.3, 0.4) is 0 Å². The van der Waals surface area contributed by atoms with E-state index in [1.807, 2.05) is 24.5 Å². The summed E-state index contributed by atoms with van der Waals surface area (Å²) in [6.45, 7) is 1.63. The first-order chi connectivity index (χ1) is 7.92. The molecule has 1 aromatic carbocycles. The van der Waals surface area contributed by atoms with Crippen molar-refractivity contribution in [2.75, 3.05) is 18.5 Å². The third-order valence-electron chi connectivity index (χ3n) is 2.76. The van der Waals surface area contributed by atoms with E-state index in [1.165, 1.54) is 5.69 Å². The summed E-state index contributed by atoms with van der Waals surface area (Å²) < 4.78 is 7.24. The zero-order valence-corrected chi connectivity index (χ0v) is 8.97. The van der Waals surface area contributed by atoms with Crippen LogP contribution in [0.15, 0.2) is 48.8 Å². The smallest absolute Gasteiger partial charge is 0.0728 e. The number of benzene rings is 1. The molecule has 1 fully saturated rings. The molecule has 2 heterocycles. The largest absolute Gasteiger partial charge is 0.378 e. The molecule has 16 heavy (non-hydrogen) atoms. The molecule has 1 N–H and O–H groups in total. The topological polar surface area (TPSA) is 26.2 Å². The number of hydrogen-bond donors (Lipinski definition) is 1. The fraction of sp³-hybridized carbons (Fsp3) is 0.231. The maximum atomic E-state index is 5.14. The van der Waals surface area contributed by atoms with Crippen LogP contribution < -0.4 is 5.32 Å². The lowest BCUT2D eigenvalue weighted by atomic mass is 10.2. The lowest BCUT2D eigenvalue weighted by molar-refractivity contribution is 0.0211. The highest BCUT2D eigenvalue weighted by Gasteiger charge is 2.17. The molecular weight excluding hydrogens is 200 g/mol. The molecule has 0 amide bonds. The molecule has 0 spiro atoms. The highest BCUT2D eigenvalue weighted by molar-refractivity contribution is 5.52. The zero-order chi connectivity index (χ0) is 10.8. The third kappa shape index (κ3) is 1.82. The van der Waals surface area contributed by atoms with Crippen molar-refractivity contribution in [1.29, 1.82) is 0 Å². The summed E-state index contributed by atoms with van der Waals surface area (Å²) in [5.41, 5.74) is 2.33. The van der Waals surface area contributed by atoms with Gasteiger partial charge in [0, 0.05) is 23.8 Å². The van der Waals surface area contributed by atoms with Crippen molar-refractivity contribution in [1.82, 2.24) is 4.57 Å². The van der Waals surface area contributed by atoms with Gasteiger partial charge >= 0.3 is 0 Å². The number of nitrogens with one attached hydrogen (secondary N) is 1. The summed E-state index contributed by atoms with van der Waals surface area (Å²) >= 11 is 0. The van der Waals surface area contributed by atoms with Crippen LogP contribution >= 0.6 is 0 Å². The van der Waals surface area contributed by atoms with Gasteiger partial charge in [-0.25, -0.2) is 0 Å². The van der Waals surface area contributed by atoms with Crippen molar-refractivity contribution in [3.63, 3.8) is 0 Å². The second kappa shape index (κ2) is 4.02. The van der Waals surface area contributed by atoms with E-state index in [4.69, 9.17) is 4.74 Å². The Morgan fingerprint density at radius 2 is 1.94 bits per heavy atom. The molecule has 0 aliphatic carbocycles. The van der Waals surface area contributed by atoms with E-state index in [0.717, 1.165) is 18.9 Å². The van der Waals surface area contributed by atoms with Crippen molar-refractivity contribution in [3.05, 3.63) is 48.8 Å². The summed E-state index contributed by atoms with van der Waals surface area (Å²) in [5, 5.41) is 3.44. The van der Waals surface area contributed by atoms with Crippen LogP contribution in [0, 0.1) is 0 Å². The second-order valence-corrected chi connectivity index (χ2v) is 4.02. The number of aromatic nitrogens is 1. The molecule has 0 radical (unpaired) electrons. The fourth-order valence-electron chi connectivity index (χ4n) is 1.82. The molecule has 0 unspecified atom stereocenters. The summed E-state index contributed by atoms with van der Waals surface area (Å²) in [4.78, 5) is 0. The standard InChI is InChI=1S/C13H14N2O/c1-2-7-15(6-1)13-5-3-4-11(8-13)14-12-9-16-10-12/h1-8,12,14H,9-10H2. The number of rotatable bonds is 3. The predicted molar refractivity (Wildman–Crippen MR) is 64.0 cm³/mol. The highest BCUT2D eigenvalue weighted by Crippen LogP contribution is 2.17. The van der Waals surface area contributed by atoms with E-state index in [2.05, 4.69) is 34.1 Å². The fourth-order valence-corrected chi connectivity index (χ4v) is 1.82. The second-order valence-electron chi connectivity index (χ2n) is 4.02. The number of anilines is 1. The minimum atomic E-state index is 0.472. The monoisotopic (exact) mass is 214 g/mol. The first kappa shape index (κ1) is 9.48. The van der Waals surface area contributed by atoms with Crippen LogP contribution in [0.1, 0.15) is 0 Å². The predicted octanol–water partition coefficient (Wildman–Crippen LogP) is 2.29. The first-order valence-electron chi connectivity index (χ1n) is 5.49. The van der Waals surface area contributed by atoms with Crippen LogP contribution in [-0.2, 0) is 4.74 Å². The molecule has 82 valence electrons. The number of hydrogen-bond acceptors (Lipinski definition) is 2. The van der Waals surface area contributed by atoms with Gasteiger partial charge in [0.15, 0.2) is 0 Å². The molecule has 3 heteroatoms. The first-order valence-corrected chi connectivity index (χ1v) is 5.49. The Kier molecular flexibility index (Phi) is 2.38. The van der Waals surface area contributed by atoms with E-state index < -0.39 is 0 Å². The van der Waals surface area contributed by atoms with Gasteiger partial charge in [0.2, 0.25) is 0 Å². The molecule has 2 aromatic rings. The SMILES string of the molecule is c1cc(NC2COC2)cc(-n2cccc2)c1. The van der Waals surface area contributed by atoms with E-state index in [-0.39, 0.29) is 0 Å². The average molecular weight is 214 g/mol. The van der Waals surface area contributed by atoms with Crippen molar-refractivity contribution in [2.24, 2.45) is 0 Å². The van der Waals surface area contributed by atoms with E-state index in [9.17, 15) is 0 Å². The molecule has 1 saturated heterocycles. The molecule has 1 aliphatic heterocycles. The number of ether oxygens (including phenoxy) is 1. The van der Waals surface area contributed by atoms with Crippen LogP contribution in [0.4, 0.5) is 5.69 Å². The Labute approximate surface area is 94.7 Å². The third-order valence-corrected chi connectivity index (χ3v) is 2.76. The van der Waals surface area contributed by atoms with Gasteiger partial charge in [-0.1, -0.05) is 6.07 Å². The summed E-state index contributed by atoms with van der Waals surface area (Å²) in [5.74, 6) is 0. The van der Waals surface area contributed by atoms with Gasteiger partial charge in [0.25, 0.3) is 0 Å². The maximum Gasteiger partial charge on any atom is 0.0728 e. The molecule has 1 aromatic heterocycles. The summed E-state index contributed by atoms with van der Waals surface area (Å²) in [6.07, 6.45) is 4.09. The van der Waals surface area contributed by atoms with Gasteiger partial charge in [0.05, 0.1) is 19.3 Å². The summed E-state index contributed by atoms with van der Waals surface area (Å²) in [6, 6.07) is 12.9. The van der Waals surface area contributed by atoms with E-state index in [0.29, 0.717) is 6.04 Å². The van der Waals surface area contributed by atoms with Gasteiger partial charge in [0.1, 0.15) is 0 Å². The zero-order valence-electron chi connectivity index (χ0n) is 8.97. The lowest BCUT2D eigenvalue weighted by Gasteiger charge is -2.28. The molecular formula is C13H14N2O. The molecule has 0 saturated carbocycles. The average Bonchev–Trinajstić information content (AvgIpc) is 2.77. The molecule has 3 nitrogen and oxygen atoms in total. The molecule has 1 aliphatic rings. The quantitative estimate of drug-likeness (QED) is 0.848. The van der Waals surface area contributed by atoms with Crippen molar-refractivity contribution < 1.29 is 4.74 Å². The van der Waals surface area contributed by atoms with Crippen LogP contribution in [-0.4, -0.2) is 23.8 Å². The van der Waals surface area contributed by atoms with Crippen molar-refractivity contribution in [2.45, 2.75) is 6.04 Å². The van der Waals surface area contributed by atoms with E-state index in [1.54, 1.807) is 0 Å². The van der Waals surface area contributed by atoms with Gasteiger partial charge in [-0.15, -0.1) is 0 Å². The van der Waals surface area contributed by atoms with Crippen LogP contribution in [0.2, 0.25) is 0 Å². The summed E-state index contributed by atoms with van der Waals surface area (Å²) in [7, 11) is 0. The molecule has 3 rings (SSSR count). The Bertz CT molecular complexity index is 461. The maximum absolute atomic E-state index is 5.14. The van der Waals surface area contributed by atoms with Gasteiger partial charge in [-0.05, 0) is 30.3 Å². The van der Waals surface area contributed by atoms with E-state index >= 15 is 0 Å². The Balaban J connectivity index is 1.82. The van der Waals surface area contributed by atoms with Crippen LogP contribution in [0.5, 0.6) is 0 Å².